The Balaban J connectivity index is 1.62. The van der Waals surface area contributed by atoms with Gasteiger partial charge in [-0.3, -0.25) is 9.59 Å². The summed E-state index contributed by atoms with van der Waals surface area (Å²) < 4.78 is 29.5. The predicted octanol–water partition coefficient (Wildman–Crippen LogP) is 4.41. The Kier molecular flexibility index (Phi) is 6.17. The maximum absolute atomic E-state index is 13.3. The number of hydrogen-bond acceptors (Lipinski definition) is 5. The summed E-state index contributed by atoms with van der Waals surface area (Å²) in [7, 11) is 3.02. The number of hydrogen-bond donors (Lipinski definition) is 1. The van der Waals surface area contributed by atoms with Gasteiger partial charge in [-0.1, -0.05) is 12.1 Å². The van der Waals surface area contributed by atoms with Crippen molar-refractivity contribution in [1.29, 1.82) is 0 Å². The molecule has 0 saturated carbocycles. The van der Waals surface area contributed by atoms with Crippen LogP contribution in [0.2, 0.25) is 0 Å². The third kappa shape index (κ3) is 4.74. The van der Waals surface area contributed by atoms with Crippen LogP contribution in [0.1, 0.15) is 22.8 Å². The van der Waals surface area contributed by atoms with Crippen molar-refractivity contribution in [3.05, 3.63) is 77.6 Å². The second kappa shape index (κ2) is 9.20. The number of nitrogens with one attached hydrogen (secondary N) is 1. The first kappa shape index (κ1) is 22.1. The minimum atomic E-state index is -0.664. The zero-order valence-electron chi connectivity index (χ0n) is 18.4. The average molecular weight is 450 g/mol. The molecule has 33 heavy (non-hydrogen) atoms. The number of amides is 2. The van der Waals surface area contributed by atoms with Crippen molar-refractivity contribution in [2.24, 2.45) is 0 Å². The summed E-state index contributed by atoms with van der Waals surface area (Å²) in [4.78, 5) is 27.3. The van der Waals surface area contributed by atoms with E-state index in [1.807, 2.05) is 0 Å². The molecule has 1 unspecified atom stereocenters. The lowest BCUT2D eigenvalue weighted by Gasteiger charge is -2.33. The molecule has 0 fully saturated rings. The quantitative estimate of drug-likeness (QED) is 0.602. The molecule has 0 aliphatic carbocycles. The maximum atomic E-state index is 13.3. The molecule has 0 aromatic heterocycles. The Labute approximate surface area is 190 Å². The highest BCUT2D eigenvalue weighted by Crippen LogP contribution is 2.37. The van der Waals surface area contributed by atoms with Crippen LogP contribution in [-0.4, -0.2) is 32.1 Å². The average Bonchev–Trinajstić information content (AvgIpc) is 2.83. The number of methoxy groups -OCH3 is 2. The first-order valence-corrected chi connectivity index (χ1v) is 10.3. The van der Waals surface area contributed by atoms with E-state index in [2.05, 4.69) is 5.32 Å². The van der Waals surface area contributed by atoms with Gasteiger partial charge in [-0.25, -0.2) is 4.39 Å². The van der Waals surface area contributed by atoms with Gasteiger partial charge in [0.05, 0.1) is 26.5 Å². The Morgan fingerprint density at radius 3 is 2.33 bits per heavy atom. The monoisotopic (exact) mass is 450 g/mol. The fourth-order valence-electron chi connectivity index (χ4n) is 3.56. The molecule has 7 nitrogen and oxygen atoms in total. The molecule has 3 aromatic carbocycles. The summed E-state index contributed by atoms with van der Waals surface area (Å²) in [5.41, 5.74) is 2.12. The van der Waals surface area contributed by atoms with Crippen molar-refractivity contribution in [3.63, 3.8) is 0 Å². The largest absolute Gasteiger partial charge is 0.497 e. The van der Waals surface area contributed by atoms with Crippen LogP contribution < -0.4 is 24.4 Å². The summed E-state index contributed by atoms with van der Waals surface area (Å²) in [6.07, 6.45) is -0.664. The van der Waals surface area contributed by atoms with Crippen LogP contribution in [0.15, 0.2) is 60.7 Å². The lowest BCUT2D eigenvalue weighted by molar-refractivity contribution is -0.125. The fourth-order valence-corrected chi connectivity index (χ4v) is 3.56. The van der Waals surface area contributed by atoms with Crippen LogP contribution in [0, 0.1) is 5.82 Å². The minimum absolute atomic E-state index is 0.229. The first-order chi connectivity index (χ1) is 15.9. The van der Waals surface area contributed by atoms with Crippen LogP contribution in [-0.2, 0) is 11.3 Å². The molecule has 0 bridgehead atoms. The highest BCUT2D eigenvalue weighted by molar-refractivity contribution is 6.06. The number of fused-ring (bicyclic) bond motifs is 1. The van der Waals surface area contributed by atoms with Crippen LogP contribution >= 0.6 is 0 Å². The van der Waals surface area contributed by atoms with Crippen molar-refractivity contribution < 1.29 is 28.2 Å². The Morgan fingerprint density at radius 1 is 1.03 bits per heavy atom. The van der Waals surface area contributed by atoms with Gasteiger partial charge in [-0.2, -0.15) is 0 Å². The van der Waals surface area contributed by atoms with E-state index in [4.69, 9.17) is 14.2 Å². The van der Waals surface area contributed by atoms with Crippen LogP contribution in [0.25, 0.3) is 0 Å². The minimum Gasteiger partial charge on any atom is -0.497 e. The number of nitrogens with zero attached hydrogens (tertiary/aromatic N) is 1. The van der Waals surface area contributed by atoms with Crippen molar-refractivity contribution in [2.45, 2.75) is 19.6 Å². The van der Waals surface area contributed by atoms with Crippen molar-refractivity contribution >= 4 is 23.2 Å². The van der Waals surface area contributed by atoms with E-state index >= 15 is 0 Å². The standard InChI is InChI=1S/C25H23FN2O5/c1-15-25(30)28(14-16-4-6-18(26)7-5-16)22-12-19(8-9-23(22)33-15)27-24(29)17-10-20(31-2)13-21(11-17)32-3/h4-13,15H,14H2,1-3H3,(H,27,29). The Bertz CT molecular complexity index is 1170. The number of carbonyl (C=O) groups is 2. The van der Waals surface area contributed by atoms with Gasteiger partial charge in [0.1, 0.15) is 23.1 Å². The number of ether oxygens (including phenoxy) is 3. The van der Waals surface area contributed by atoms with Gasteiger partial charge in [0.15, 0.2) is 6.10 Å². The van der Waals surface area contributed by atoms with E-state index in [0.717, 1.165) is 5.56 Å². The van der Waals surface area contributed by atoms with E-state index in [0.29, 0.717) is 34.2 Å². The van der Waals surface area contributed by atoms with Crippen molar-refractivity contribution in [3.8, 4) is 17.2 Å². The Hall–Kier alpha value is -4.07. The molecule has 1 N–H and O–H groups in total. The zero-order chi connectivity index (χ0) is 23.5. The van der Waals surface area contributed by atoms with Gasteiger partial charge >= 0.3 is 0 Å². The summed E-state index contributed by atoms with van der Waals surface area (Å²) >= 11 is 0. The molecule has 0 radical (unpaired) electrons. The van der Waals surface area contributed by atoms with Gasteiger partial charge in [0.2, 0.25) is 0 Å². The van der Waals surface area contributed by atoms with E-state index in [-0.39, 0.29) is 24.2 Å². The summed E-state index contributed by atoms with van der Waals surface area (Å²) in [5.74, 6) is 0.554. The number of anilines is 2. The molecule has 1 aliphatic heterocycles. The zero-order valence-corrected chi connectivity index (χ0v) is 18.4. The number of rotatable bonds is 6. The van der Waals surface area contributed by atoms with Gasteiger partial charge in [-0.15, -0.1) is 0 Å². The fraction of sp³-hybridized carbons (Fsp3) is 0.200. The molecule has 1 heterocycles. The van der Waals surface area contributed by atoms with Gasteiger partial charge < -0.3 is 24.4 Å². The number of halogens is 1. The van der Waals surface area contributed by atoms with Crippen LogP contribution in [0.4, 0.5) is 15.8 Å². The highest BCUT2D eigenvalue weighted by atomic mass is 19.1. The van der Waals surface area contributed by atoms with E-state index in [1.54, 1.807) is 60.4 Å². The van der Waals surface area contributed by atoms with E-state index < -0.39 is 6.10 Å². The lowest BCUT2D eigenvalue weighted by atomic mass is 10.1. The van der Waals surface area contributed by atoms with Crippen molar-refractivity contribution in [2.75, 3.05) is 24.4 Å². The summed E-state index contributed by atoms with van der Waals surface area (Å²) in [6, 6.07) is 15.9. The molecule has 8 heteroatoms. The van der Waals surface area contributed by atoms with Crippen LogP contribution in [0.3, 0.4) is 0 Å². The van der Waals surface area contributed by atoms with Gasteiger partial charge in [0, 0.05) is 17.3 Å². The second-order valence-electron chi connectivity index (χ2n) is 7.55. The third-order valence-corrected chi connectivity index (χ3v) is 5.29. The third-order valence-electron chi connectivity index (χ3n) is 5.29. The van der Waals surface area contributed by atoms with Crippen molar-refractivity contribution in [1.82, 2.24) is 0 Å². The summed E-state index contributed by atoms with van der Waals surface area (Å²) in [6.45, 7) is 1.92. The normalized spacial score (nSPS) is 14.8. The topological polar surface area (TPSA) is 77.1 Å². The molecule has 170 valence electrons. The molecular weight excluding hydrogens is 427 g/mol. The molecule has 0 spiro atoms. The maximum Gasteiger partial charge on any atom is 0.268 e. The number of carbonyl (C=O) groups excluding carboxylic acids is 2. The first-order valence-electron chi connectivity index (χ1n) is 10.3. The van der Waals surface area contributed by atoms with Gasteiger partial charge in [-0.05, 0) is 55.0 Å². The van der Waals surface area contributed by atoms with E-state index in [1.165, 1.54) is 26.4 Å². The molecule has 0 saturated heterocycles. The molecule has 1 aliphatic rings. The molecule has 3 aromatic rings. The highest BCUT2D eigenvalue weighted by Gasteiger charge is 2.32. The lowest BCUT2D eigenvalue weighted by Crippen LogP contribution is -2.44. The smallest absolute Gasteiger partial charge is 0.268 e. The SMILES string of the molecule is COc1cc(OC)cc(C(=O)Nc2ccc3c(c2)N(Cc2ccc(F)cc2)C(=O)C(C)O3)c1. The predicted molar refractivity (Wildman–Crippen MR) is 122 cm³/mol. The molecule has 4 rings (SSSR count). The molecule has 2 amide bonds. The number of benzene rings is 3. The Morgan fingerprint density at radius 2 is 1.70 bits per heavy atom. The summed E-state index contributed by atoms with van der Waals surface area (Å²) in [5, 5.41) is 2.84. The van der Waals surface area contributed by atoms with Crippen LogP contribution in [0.5, 0.6) is 17.2 Å². The molecule has 1 atom stereocenters. The molecular formula is C25H23FN2O5. The van der Waals surface area contributed by atoms with E-state index in [9.17, 15) is 14.0 Å². The second-order valence-corrected chi connectivity index (χ2v) is 7.55. The van der Waals surface area contributed by atoms with Gasteiger partial charge in [0.25, 0.3) is 11.8 Å².